The van der Waals surface area contributed by atoms with E-state index in [4.69, 9.17) is 9.47 Å². The minimum absolute atomic E-state index is 0.202. The van der Waals surface area contributed by atoms with Gasteiger partial charge < -0.3 is 9.47 Å². The Hall–Kier alpha value is -1.57. The van der Waals surface area contributed by atoms with Crippen LogP contribution in [-0.2, 0) is 10.0 Å². The lowest BCUT2D eigenvalue weighted by molar-refractivity contribution is 0.286. The van der Waals surface area contributed by atoms with Crippen LogP contribution in [0.3, 0.4) is 0 Å². The zero-order valence-electron chi connectivity index (χ0n) is 13.8. The Kier molecular flexibility index (Phi) is 6.26. The summed E-state index contributed by atoms with van der Waals surface area (Å²) in [6.07, 6.45) is 0. The summed E-state index contributed by atoms with van der Waals surface area (Å²) >= 11 is 3.31. The van der Waals surface area contributed by atoms with Crippen molar-refractivity contribution < 1.29 is 17.9 Å². The van der Waals surface area contributed by atoms with E-state index in [9.17, 15) is 8.42 Å². The summed E-state index contributed by atoms with van der Waals surface area (Å²) in [4.78, 5) is 0.202. The minimum Gasteiger partial charge on any atom is -0.496 e. The van der Waals surface area contributed by atoms with Gasteiger partial charge >= 0.3 is 0 Å². The maximum absolute atomic E-state index is 12.6. The molecule has 130 valence electrons. The number of benzene rings is 2. The Morgan fingerprint density at radius 1 is 1.17 bits per heavy atom. The standard InChI is InChI=1S/C17H20BrNO4S/c1-13-5-4-6-14(11-13)23-10-9-19(2)24(20,21)15-7-8-17(22-3)16(18)12-15/h4-8,11-12H,9-10H2,1-3H3. The number of likely N-dealkylation sites (N-methyl/N-ethyl adjacent to an activating group) is 1. The summed E-state index contributed by atoms with van der Waals surface area (Å²) in [6.45, 7) is 2.50. The highest BCUT2D eigenvalue weighted by Crippen LogP contribution is 2.28. The van der Waals surface area contributed by atoms with E-state index in [0.29, 0.717) is 10.2 Å². The van der Waals surface area contributed by atoms with Gasteiger partial charge in [-0.25, -0.2) is 8.42 Å². The second-order valence-electron chi connectivity index (χ2n) is 5.29. The van der Waals surface area contributed by atoms with Gasteiger partial charge in [-0.3, -0.25) is 0 Å². The summed E-state index contributed by atoms with van der Waals surface area (Å²) < 4.78 is 37.8. The molecule has 5 nitrogen and oxygen atoms in total. The van der Waals surface area contributed by atoms with Gasteiger partial charge in [0.05, 0.1) is 16.5 Å². The van der Waals surface area contributed by atoms with Crippen molar-refractivity contribution in [3.8, 4) is 11.5 Å². The number of halogens is 1. The van der Waals surface area contributed by atoms with Gasteiger partial charge in [0.1, 0.15) is 18.1 Å². The highest BCUT2D eigenvalue weighted by atomic mass is 79.9. The average Bonchev–Trinajstić information content (AvgIpc) is 2.54. The molecule has 0 atom stereocenters. The second-order valence-corrected chi connectivity index (χ2v) is 8.19. The van der Waals surface area contributed by atoms with Gasteiger partial charge in [-0.1, -0.05) is 12.1 Å². The maximum Gasteiger partial charge on any atom is 0.242 e. The molecule has 2 aromatic carbocycles. The Morgan fingerprint density at radius 2 is 1.92 bits per heavy atom. The number of rotatable bonds is 7. The summed E-state index contributed by atoms with van der Waals surface area (Å²) in [6, 6.07) is 12.3. The fraction of sp³-hybridized carbons (Fsp3) is 0.294. The van der Waals surface area contributed by atoms with Crippen molar-refractivity contribution in [3.05, 3.63) is 52.5 Å². The number of ether oxygens (including phenoxy) is 2. The molecule has 0 saturated carbocycles. The summed E-state index contributed by atoms with van der Waals surface area (Å²) in [5, 5.41) is 0. The van der Waals surface area contributed by atoms with Crippen LogP contribution in [-0.4, -0.2) is 40.0 Å². The zero-order chi connectivity index (χ0) is 17.7. The highest BCUT2D eigenvalue weighted by molar-refractivity contribution is 9.10. The van der Waals surface area contributed by atoms with Crippen LogP contribution in [0.15, 0.2) is 51.8 Å². The van der Waals surface area contributed by atoms with Gasteiger partial charge in [0, 0.05) is 13.6 Å². The molecule has 0 spiro atoms. The Morgan fingerprint density at radius 3 is 2.54 bits per heavy atom. The molecule has 0 bridgehead atoms. The Balaban J connectivity index is 2.02. The van der Waals surface area contributed by atoms with E-state index < -0.39 is 10.0 Å². The molecule has 0 unspecified atom stereocenters. The van der Waals surface area contributed by atoms with Gasteiger partial charge in [0.2, 0.25) is 10.0 Å². The van der Waals surface area contributed by atoms with Crippen LogP contribution in [0.2, 0.25) is 0 Å². The smallest absolute Gasteiger partial charge is 0.242 e. The van der Waals surface area contributed by atoms with Crippen molar-refractivity contribution >= 4 is 26.0 Å². The SMILES string of the molecule is COc1ccc(S(=O)(=O)N(C)CCOc2cccc(C)c2)cc1Br. The first-order valence-electron chi connectivity index (χ1n) is 7.34. The van der Waals surface area contributed by atoms with Crippen LogP contribution in [0, 0.1) is 6.92 Å². The van der Waals surface area contributed by atoms with E-state index >= 15 is 0 Å². The van der Waals surface area contributed by atoms with Gasteiger partial charge in [-0.05, 0) is 58.7 Å². The number of hydrogen-bond donors (Lipinski definition) is 0. The molecule has 0 heterocycles. The molecule has 0 saturated heterocycles. The van der Waals surface area contributed by atoms with Crippen LogP contribution >= 0.6 is 15.9 Å². The molecule has 0 N–H and O–H groups in total. The zero-order valence-corrected chi connectivity index (χ0v) is 16.2. The number of aryl methyl sites for hydroxylation is 1. The van der Waals surface area contributed by atoms with Gasteiger partial charge in [0.25, 0.3) is 0 Å². The van der Waals surface area contributed by atoms with Crippen molar-refractivity contribution in [1.82, 2.24) is 4.31 Å². The van der Waals surface area contributed by atoms with Gasteiger partial charge in [0.15, 0.2) is 0 Å². The average molecular weight is 414 g/mol. The molecule has 0 aliphatic rings. The van der Waals surface area contributed by atoms with E-state index in [1.807, 2.05) is 31.2 Å². The molecule has 0 amide bonds. The fourth-order valence-corrected chi connectivity index (χ4v) is 3.98. The van der Waals surface area contributed by atoms with E-state index in [1.54, 1.807) is 6.07 Å². The van der Waals surface area contributed by atoms with Crippen molar-refractivity contribution in [3.63, 3.8) is 0 Å². The van der Waals surface area contributed by atoms with E-state index in [1.165, 1.54) is 30.6 Å². The first-order chi connectivity index (χ1) is 11.3. The topological polar surface area (TPSA) is 55.8 Å². The van der Waals surface area contributed by atoms with Gasteiger partial charge in [-0.2, -0.15) is 4.31 Å². The molecule has 0 aromatic heterocycles. The molecule has 0 aliphatic carbocycles. The van der Waals surface area contributed by atoms with Crippen molar-refractivity contribution in [1.29, 1.82) is 0 Å². The number of methoxy groups -OCH3 is 1. The predicted octanol–water partition coefficient (Wildman–Crippen LogP) is 3.47. The second kappa shape index (κ2) is 8.00. The number of sulfonamides is 1. The molecular weight excluding hydrogens is 394 g/mol. The van der Waals surface area contributed by atoms with Crippen LogP contribution < -0.4 is 9.47 Å². The lowest BCUT2D eigenvalue weighted by Crippen LogP contribution is -2.31. The molecule has 2 rings (SSSR count). The fourth-order valence-electron chi connectivity index (χ4n) is 2.10. The summed E-state index contributed by atoms with van der Waals surface area (Å²) in [5.74, 6) is 1.31. The molecule has 0 radical (unpaired) electrons. The first-order valence-corrected chi connectivity index (χ1v) is 9.57. The quantitative estimate of drug-likeness (QED) is 0.697. The molecule has 24 heavy (non-hydrogen) atoms. The van der Waals surface area contributed by atoms with Crippen molar-refractivity contribution in [2.45, 2.75) is 11.8 Å². The van der Waals surface area contributed by atoms with Crippen LogP contribution in [0.5, 0.6) is 11.5 Å². The van der Waals surface area contributed by atoms with E-state index in [2.05, 4.69) is 15.9 Å². The third-order valence-corrected chi connectivity index (χ3v) is 5.97. The Bertz CT molecular complexity index is 808. The van der Waals surface area contributed by atoms with Crippen molar-refractivity contribution in [2.75, 3.05) is 27.3 Å². The van der Waals surface area contributed by atoms with Crippen LogP contribution in [0.25, 0.3) is 0 Å². The van der Waals surface area contributed by atoms with E-state index in [0.717, 1.165) is 11.3 Å². The number of nitrogens with zero attached hydrogens (tertiary/aromatic N) is 1. The van der Waals surface area contributed by atoms with E-state index in [-0.39, 0.29) is 18.0 Å². The summed E-state index contributed by atoms with van der Waals surface area (Å²) in [5.41, 5.74) is 1.09. The third-order valence-electron chi connectivity index (χ3n) is 3.50. The number of hydrogen-bond acceptors (Lipinski definition) is 4. The Labute approximate surface area is 151 Å². The van der Waals surface area contributed by atoms with Gasteiger partial charge in [-0.15, -0.1) is 0 Å². The van der Waals surface area contributed by atoms with Crippen LogP contribution in [0.1, 0.15) is 5.56 Å². The molecule has 7 heteroatoms. The maximum atomic E-state index is 12.6. The normalized spacial score (nSPS) is 11.5. The van der Waals surface area contributed by atoms with Crippen molar-refractivity contribution in [2.24, 2.45) is 0 Å². The minimum atomic E-state index is -3.58. The first kappa shape index (κ1) is 18.8. The lowest BCUT2D eigenvalue weighted by Gasteiger charge is -2.18. The summed E-state index contributed by atoms with van der Waals surface area (Å²) in [7, 11) is -0.516. The lowest BCUT2D eigenvalue weighted by atomic mass is 10.2. The molecule has 0 aliphatic heterocycles. The predicted molar refractivity (Wildman–Crippen MR) is 97.2 cm³/mol. The molecule has 0 fully saturated rings. The monoisotopic (exact) mass is 413 g/mol. The largest absolute Gasteiger partial charge is 0.496 e. The third kappa shape index (κ3) is 4.49. The highest BCUT2D eigenvalue weighted by Gasteiger charge is 2.21. The molecule has 2 aromatic rings. The van der Waals surface area contributed by atoms with Crippen LogP contribution in [0.4, 0.5) is 0 Å². The molecular formula is C17H20BrNO4S.